The minimum atomic E-state index is 0.319. The number of hydrazone groups is 1. The Morgan fingerprint density at radius 1 is 1.48 bits per heavy atom. The maximum Gasteiger partial charge on any atom is 0.240 e. The fraction of sp³-hybridized carbons (Fsp3) is 0.143. The molecule has 0 radical (unpaired) electrons. The Kier molecular flexibility index (Phi) is 5.55. The number of anilines is 1. The van der Waals surface area contributed by atoms with Crippen LogP contribution in [0, 0.1) is 11.3 Å². The molecular weight excluding hydrogens is 284 g/mol. The first kappa shape index (κ1) is 14.8. The largest absolute Gasteiger partial charge is 0.245 e. The van der Waals surface area contributed by atoms with E-state index in [2.05, 4.69) is 25.7 Å². The molecule has 6 nitrogen and oxygen atoms in total. The monoisotopic (exact) mass is 298 g/mol. The summed E-state index contributed by atoms with van der Waals surface area (Å²) in [6, 6.07) is 12.0. The van der Waals surface area contributed by atoms with Crippen LogP contribution in [-0.2, 0) is 0 Å². The number of nitrogens with zero attached hydrogens (tertiary/aromatic N) is 4. The van der Waals surface area contributed by atoms with Gasteiger partial charge in [-0.15, -0.1) is 5.10 Å². The predicted octanol–water partition coefficient (Wildman–Crippen LogP) is 2.92. The molecule has 0 fully saturated rings. The van der Waals surface area contributed by atoms with E-state index in [-0.39, 0.29) is 0 Å². The average molecular weight is 298 g/mol. The van der Waals surface area contributed by atoms with Gasteiger partial charge in [-0.3, -0.25) is 0 Å². The van der Waals surface area contributed by atoms with Crippen LogP contribution in [0.15, 0.2) is 46.7 Å². The second-order valence-electron chi connectivity index (χ2n) is 4.02. The summed E-state index contributed by atoms with van der Waals surface area (Å²) in [5, 5.41) is 19.8. The third-order valence-corrected chi connectivity index (χ3v) is 3.10. The molecular formula is C14H14N6S. The molecule has 7 heteroatoms. The van der Waals surface area contributed by atoms with E-state index in [4.69, 9.17) is 5.26 Å². The highest BCUT2D eigenvalue weighted by Crippen LogP contribution is 2.12. The molecule has 1 heterocycles. The highest BCUT2D eigenvalue weighted by Gasteiger charge is 2.01. The van der Waals surface area contributed by atoms with E-state index in [0.717, 1.165) is 11.3 Å². The maximum absolute atomic E-state index is 8.48. The molecule has 0 unspecified atom stereocenters. The Morgan fingerprint density at radius 2 is 2.29 bits per heavy atom. The van der Waals surface area contributed by atoms with E-state index >= 15 is 0 Å². The summed E-state index contributed by atoms with van der Waals surface area (Å²) in [6.07, 6.45) is 3.89. The molecule has 21 heavy (non-hydrogen) atoms. The van der Waals surface area contributed by atoms with Gasteiger partial charge in [0, 0.05) is 0 Å². The predicted molar refractivity (Wildman–Crippen MR) is 84.9 cm³/mol. The molecule has 106 valence electrons. The number of benzene rings is 1. The van der Waals surface area contributed by atoms with Crippen molar-refractivity contribution < 1.29 is 0 Å². The van der Waals surface area contributed by atoms with Crippen LogP contribution in [0.3, 0.4) is 0 Å². The number of allylic oxidation sites excluding steroid dienone is 1. The van der Waals surface area contributed by atoms with Crippen LogP contribution in [0.2, 0.25) is 0 Å². The fourth-order valence-electron chi connectivity index (χ4n) is 1.42. The minimum Gasteiger partial charge on any atom is -0.245 e. The lowest BCUT2D eigenvalue weighted by Gasteiger charge is -1.95. The first-order chi connectivity index (χ1) is 10.3. The van der Waals surface area contributed by atoms with Gasteiger partial charge in [0.05, 0.1) is 17.5 Å². The Morgan fingerprint density at radius 3 is 3.05 bits per heavy atom. The van der Waals surface area contributed by atoms with E-state index in [0.29, 0.717) is 16.9 Å². The highest BCUT2D eigenvalue weighted by atomic mass is 32.2. The molecule has 1 aromatic carbocycles. The third-order valence-electron chi connectivity index (χ3n) is 2.39. The number of H-pyrrole nitrogens is 1. The van der Waals surface area contributed by atoms with Gasteiger partial charge in [-0.05, 0) is 18.6 Å². The van der Waals surface area contributed by atoms with E-state index in [1.54, 1.807) is 0 Å². The lowest BCUT2D eigenvalue weighted by molar-refractivity contribution is 0.975. The summed E-state index contributed by atoms with van der Waals surface area (Å²) in [5.41, 5.74) is 4.71. The minimum absolute atomic E-state index is 0.319. The zero-order chi connectivity index (χ0) is 14.9. The van der Waals surface area contributed by atoms with Crippen molar-refractivity contribution in [2.24, 2.45) is 5.10 Å². The molecule has 0 amide bonds. The maximum atomic E-state index is 8.48. The van der Waals surface area contributed by atoms with Crippen LogP contribution in [0.4, 0.5) is 5.95 Å². The van der Waals surface area contributed by atoms with Gasteiger partial charge >= 0.3 is 0 Å². The second kappa shape index (κ2) is 7.87. The van der Waals surface area contributed by atoms with Crippen LogP contribution in [0.5, 0.6) is 0 Å². The van der Waals surface area contributed by atoms with E-state index in [1.807, 2.05) is 55.5 Å². The van der Waals surface area contributed by atoms with Gasteiger partial charge in [0.25, 0.3) is 0 Å². The normalized spacial score (nSPS) is 11.5. The van der Waals surface area contributed by atoms with Crippen LogP contribution in [0.1, 0.15) is 12.5 Å². The fourth-order valence-corrected chi connectivity index (χ4v) is 1.88. The number of nitrogens with one attached hydrogen (secondary N) is 2. The topological polar surface area (TPSA) is 89.8 Å². The van der Waals surface area contributed by atoms with E-state index < -0.39 is 0 Å². The first-order valence-corrected chi connectivity index (χ1v) is 7.22. The molecule has 0 aliphatic carbocycles. The molecule has 0 aliphatic heterocycles. The zero-order valence-corrected chi connectivity index (χ0v) is 12.3. The van der Waals surface area contributed by atoms with Crippen molar-refractivity contribution in [3.05, 3.63) is 42.0 Å². The van der Waals surface area contributed by atoms with Crippen LogP contribution in [-0.4, -0.2) is 26.6 Å². The van der Waals surface area contributed by atoms with E-state index in [1.165, 1.54) is 11.8 Å². The molecule has 0 saturated carbocycles. The smallest absolute Gasteiger partial charge is 0.240 e. The second-order valence-corrected chi connectivity index (χ2v) is 4.96. The number of rotatable bonds is 6. The molecule has 0 atom stereocenters. The lowest BCUT2D eigenvalue weighted by atomic mass is 10.2. The number of hydrogen-bond acceptors (Lipinski definition) is 6. The first-order valence-electron chi connectivity index (χ1n) is 6.23. The molecule has 2 N–H and O–H groups in total. The molecule has 0 saturated heterocycles. The Labute approximate surface area is 127 Å². The zero-order valence-electron chi connectivity index (χ0n) is 11.4. The number of thioether (sulfide) groups is 1. The average Bonchev–Trinajstić information content (AvgIpc) is 2.98. The Hall–Kier alpha value is -2.59. The standard InChI is InChI=1S/C14H14N6S/c1-11(7-8-12-5-3-2-4-6-12)17-18-13-16-14(20-19-13)21-10-9-15/h2-8H,10H2,1H3,(H2,16,18,19,20)/b8-7+,17-11-. The lowest BCUT2D eigenvalue weighted by Crippen LogP contribution is -1.95. The third kappa shape index (κ3) is 5.12. The molecule has 0 spiro atoms. The summed E-state index contributed by atoms with van der Waals surface area (Å²) in [5.74, 6) is 0.766. The van der Waals surface area contributed by atoms with Crippen molar-refractivity contribution in [1.29, 1.82) is 5.26 Å². The van der Waals surface area contributed by atoms with Gasteiger partial charge in [-0.1, -0.05) is 48.2 Å². The number of nitriles is 1. The number of hydrogen-bond donors (Lipinski definition) is 2. The van der Waals surface area contributed by atoms with Crippen molar-refractivity contribution >= 4 is 29.5 Å². The molecule has 0 bridgehead atoms. The Balaban J connectivity index is 1.90. The number of aromatic nitrogens is 3. The van der Waals surface area contributed by atoms with Crippen molar-refractivity contribution in [3.63, 3.8) is 0 Å². The van der Waals surface area contributed by atoms with Crippen LogP contribution in [0.25, 0.3) is 6.08 Å². The molecule has 2 rings (SSSR count). The molecule has 0 aliphatic rings. The summed E-state index contributed by atoms with van der Waals surface area (Å²) in [7, 11) is 0. The summed E-state index contributed by atoms with van der Waals surface area (Å²) >= 11 is 1.27. The summed E-state index contributed by atoms with van der Waals surface area (Å²) < 4.78 is 0. The van der Waals surface area contributed by atoms with Gasteiger partial charge < -0.3 is 0 Å². The van der Waals surface area contributed by atoms with Gasteiger partial charge in [0.2, 0.25) is 11.1 Å². The highest BCUT2D eigenvalue weighted by molar-refractivity contribution is 7.99. The van der Waals surface area contributed by atoms with Gasteiger partial charge in [0.1, 0.15) is 0 Å². The van der Waals surface area contributed by atoms with Crippen LogP contribution >= 0.6 is 11.8 Å². The van der Waals surface area contributed by atoms with Gasteiger partial charge in [0.15, 0.2) is 0 Å². The van der Waals surface area contributed by atoms with Gasteiger partial charge in [-0.25, -0.2) is 10.5 Å². The van der Waals surface area contributed by atoms with Crippen molar-refractivity contribution in [2.45, 2.75) is 12.1 Å². The SMILES string of the molecule is CC(/C=C/c1ccccc1)=N/Nc1nc(SCC#N)n[nH]1. The van der Waals surface area contributed by atoms with Crippen LogP contribution < -0.4 is 5.43 Å². The van der Waals surface area contributed by atoms with Crippen molar-refractivity contribution in [1.82, 2.24) is 15.2 Å². The molecule has 2 aromatic rings. The summed E-state index contributed by atoms with van der Waals surface area (Å²) in [4.78, 5) is 4.14. The Bertz CT molecular complexity index is 668. The summed E-state index contributed by atoms with van der Waals surface area (Å²) in [6.45, 7) is 1.88. The quantitative estimate of drug-likeness (QED) is 0.486. The molecule has 1 aromatic heterocycles. The van der Waals surface area contributed by atoms with Gasteiger partial charge in [-0.2, -0.15) is 15.3 Å². The number of aromatic amines is 1. The van der Waals surface area contributed by atoms with Crippen molar-refractivity contribution in [3.8, 4) is 6.07 Å². The van der Waals surface area contributed by atoms with E-state index in [9.17, 15) is 0 Å². The van der Waals surface area contributed by atoms with Crippen molar-refractivity contribution in [2.75, 3.05) is 11.2 Å².